The summed E-state index contributed by atoms with van der Waals surface area (Å²) in [6.45, 7) is 3.61. The highest BCUT2D eigenvalue weighted by Crippen LogP contribution is 2.42. The minimum atomic E-state index is -0.181. The van der Waals surface area contributed by atoms with Crippen LogP contribution in [0.4, 0.5) is 0 Å². The van der Waals surface area contributed by atoms with Crippen LogP contribution in [0.15, 0.2) is 18.2 Å². The summed E-state index contributed by atoms with van der Waals surface area (Å²) >= 11 is 0. The van der Waals surface area contributed by atoms with E-state index in [9.17, 15) is 0 Å². The molecular weight excluding hydrogens is 214 g/mol. The summed E-state index contributed by atoms with van der Waals surface area (Å²) in [6.07, 6.45) is 2.98. The molecule has 2 aliphatic rings. The Kier molecular flexibility index (Phi) is 2.60. The fraction of sp³-hybridized carbons (Fsp3) is 0.571. The summed E-state index contributed by atoms with van der Waals surface area (Å²) in [5.74, 6) is 0.944. The number of hydrogen-bond acceptors (Lipinski definition) is 3. The van der Waals surface area contributed by atoms with E-state index < -0.39 is 0 Å². The molecule has 17 heavy (non-hydrogen) atoms. The van der Waals surface area contributed by atoms with Crippen molar-refractivity contribution in [3.63, 3.8) is 0 Å². The molecule has 1 saturated heterocycles. The SMILES string of the molecule is Cc1ccc2c(c1)[C@@H](N)CC1(CCCOC1)O2. The van der Waals surface area contributed by atoms with Gasteiger partial charge in [-0.05, 0) is 25.8 Å². The van der Waals surface area contributed by atoms with Gasteiger partial charge in [0, 0.05) is 24.6 Å². The minimum absolute atomic E-state index is 0.0698. The van der Waals surface area contributed by atoms with Crippen LogP contribution in [0.5, 0.6) is 5.75 Å². The molecule has 1 unspecified atom stereocenters. The molecule has 1 aromatic rings. The third kappa shape index (κ3) is 1.94. The van der Waals surface area contributed by atoms with E-state index in [0.717, 1.165) is 37.2 Å². The lowest BCUT2D eigenvalue weighted by atomic mass is 9.83. The molecule has 2 aliphatic heterocycles. The van der Waals surface area contributed by atoms with E-state index in [1.807, 2.05) is 6.07 Å². The van der Waals surface area contributed by atoms with Gasteiger partial charge in [0.25, 0.3) is 0 Å². The molecule has 0 amide bonds. The van der Waals surface area contributed by atoms with Crippen LogP contribution in [0.3, 0.4) is 0 Å². The summed E-state index contributed by atoms with van der Waals surface area (Å²) in [7, 11) is 0. The summed E-state index contributed by atoms with van der Waals surface area (Å²) in [4.78, 5) is 0. The van der Waals surface area contributed by atoms with Crippen molar-refractivity contribution in [2.24, 2.45) is 5.73 Å². The second kappa shape index (κ2) is 4.00. The lowest BCUT2D eigenvalue weighted by molar-refractivity contribution is -0.0833. The van der Waals surface area contributed by atoms with Crippen molar-refractivity contribution in [2.45, 2.75) is 37.8 Å². The first kappa shape index (κ1) is 11.1. The van der Waals surface area contributed by atoms with Crippen molar-refractivity contribution < 1.29 is 9.47 Å². The maximum Gasteiger partial charge on any atom is 0.134 e. The molecular formula is C14H19NO2. The zero-order chi connectivity index (χ0) is 11.9. The molecule has 0 aromatic heterocycles. The van der Waals surface area contributed by atoms with E-state index >= 15 is 0 Å². The van der Waals surface area contributed by atoms with Crippen molar-refractivity contribution in [3.05, 3.63) is 29.3 Å². The number of benzene rings is 1. The normalized spacial score (nSPS) is 32.0. The molecule has 3 nitrogen and oxygen atoms in total. The molecule has 1 fully saturated rings. The van der Waals surface area contributed by atoms with Gasteiger partial charge in [0.2, 0.25) is 0 Å². The molecule has 2 atom stereocenters. The molecule has 0 bridgehead atoms. The Morgan fingerprint density at radius 1 is 1.41 bits per heavy atom. The quantitative estimate of drug-likeness (QED) is 0.748. The lowest BCUT2D eigenvalue weighted by Crippen LogP contribution is -2.49. The average Bonchev–Trinajstić information content (AvgIpc) is 2.31. The Morgan fingerprint density at radius 2 is 2.29 bits per heavy atom. The lowest BCUT2D eigenvalue weighted by Gasteiger charge is -2.43. The minimum Gasteiger partial charge on any atom is -0.484 e. The molecule has 0 radical (unpaired) electrons. The zero-order valence-electron chi connectivity index (χ0n) is 10.2. The van der Waals surface area contributed by atoms with Crippen LogP contribution in [0.25, 0.3) is 0 Å². The summed E-state index contributed by atoms with van der Waals surface area (Å²) in [6, 6.07) is 6.32. The van der Waals surface area contributed by atoms with Crippen molar-refractivity contribution >= 4 is 0 Å². The highest BCUT2D eigenvalue weighted by Gasteiger charge is 2.41. The Labute approximate surface area is 102 Å². The Bertz CT molecular complexity index is 424. The van der Waals surface area contributed by atoms with Crippen LogP contribution in [-0.2, 0) is 4.74 Å². The van der Waals surface area contributed by atoms with E-state index in [1.165, 1.54) is 5.56 Å². The highest BCUT2D eigenvalue weighted by molar-refractivity contribution is 5.41. The maximum absolute atomic E-state index is 6.29. The number of ether oxygens (including phenoxy) is 2. The van der Waals surface area contributed by atoms with Crippen LogP contribution < -0.4 is 10.5 Å². The van der Waals surface area contributed by atoms with Crippen LogP contribution in [0.1, 0.15) is 36.4 Å². The Hall–Kier alpha value is -1.06. The highest BCUT2D eigenvalue weighted by atomic mass is 16.5. The standard InChI is InChI=1S/C14H19NO2/c1-10-3-4-13-11(7-10)12(15)8-14(17-13)5-2-6-16-9-14/h3-4,7,12H,2,5-6,8-9,15H2,1H3/t12-,14?/m0/s1. The fourth-order valence-corrected chi connectivity index (χ4v) is 2.90. The first-order valence-corrected chi connectivity index (χ1v) is 6.31. The van der Waals surface area contributed by atoms with Crippen molar-refractivity contribution in [3.8, 4) is 5.75 Å². The van der Waals surface area contributed by atoms with Crippen LogP contribution >= 0.6 is 0 Å². The van der Waals surface area contributed by atoms with Crippen LogP contribution in [-0.4, -0.2) is 18.8 Å². The maximum atomic E-state index is 6.29. The van der Waals surface area contributed by atoms with Gasteiger partial charge in [0.05, 0.1) is 6.61 Å². The molecule has 2 N–H and O–H groups in total. The van der Waals surface area contributed by atoms with E-state index in [2.05, 4.69) is 19.1 Å². The van der Waals surface area contributed by atoms with Gasteiger partial charge < -0.3 is 15.2 Å². The van der Waals surface area contributed by atoms with Crippen LogP contribution in [0, 0.1) is 6.92 Å². The smallest absolute Gasteiger partial charge is 0.134 e. The van der Waals surface area contributed by atoms with Gasteiger partial charge in [-0.15, -0.1) is 0 Å². The topological polar surface area (TPSA) is 44.5 Å². The van der Waals surface area contributed by atoms with E-state index in [4.69, 9.17) is 15.2 Å². The molecule has 0 saturated carbocycles. The van der Waals surface area contributed by atoms with Gasteiger partial charge in [-0.3, -0.25) is 0 Å². The second-order valence-corrected chi connectivity index (χ2v) is 5.29. The van der Waals surface area contributed by atoms with Crippen molar-refractivity contribution in [1.82, 2.24) is 0 Å². The third-order valence-electron chi connectivity index (χ3n) is 3.77. The number of hydrogen-bond donors (Lipinski definition) is 1. The predicted molar refractivity (Wildman–Crippen MR) is 66.1 cm³/mol. The number of nitrogens with two attached hydrogens (primary N) is 1. The average molecular weight is 233 g/mol. The molecule has 3 rings (SSSR count). The van der Waals surface area contributed by atoms with Gasteiger partial charge >= 0.3 is 0 Å². The third-order valence-corrected chi connectivity index (χ3v) is 3.77. The van der Waals surface area contributed by atoms with Gasteiger partial charge in [-0.2, -0.15) is 0 Å². The molecule has 2 heterocycles. The molecule has 92 valence electrons. The van der Waals surface area contributed by atoms with Crippen molar-refractivity contribution in [1.29, 1.82) is 0 Å². The second-order valence-electron chi connectivity index (χ2n) is 5.29. The zero-order valence-corrected chi connectivity index (χ0v) is 10.2. The Morgan fingerprint density at radius 3 is 3.06 bits per heavy atom. The van der Waals surface area contributed by atoms with E-state index in [0.29, 0.717) is 6.61 Å². The van der Waals surface area contributed by atoms with Gasteiger partial charge in [-0.1, -0.05) is 17.7 Å². The first-order valence-electron chi connectivity index (χ1n) is 6.31. The predicted octanol–water partition coefficient (Wildman–Crippen LogP) is 2.33. The number of fused-ring (bicyclic) bond motifs is 1. The summed E-state index contributed by atoms with van der Waals surface area (Å²) in [5, 5.41) is 0. The number of aryl methyl sites for hydroxylation is 1. The van der Waals surface area contributed by atoms with Crippen LogP contribution in [0.2, 0.25) is 0 Å². The summed E-state index contributed by atoms with van der Waals surface area (Å²) in [5.41, 5.74) is 8.48. The Balaban J connectivity index is 1.94. The monoisotopic (exact) mass is 233 g/mol. The molecule has 3 heteroatoms. The van der Waals surface area contributed by atoms with Gasteiger partial charge in [0.15, 0.2) is 0 Å². The molecule has 1 aromatic carbocycles. The number of rotatable bonds is 0. The molecule has 0 aliphatic carbocycles. The largest absolute Gasteiger partial charge is 0.484 e. The van der Waals surface area contributed by atoms with E-state index in [1.54, 1.807) is 0 Å². The van der Waals surface area contributed by atoms with Gasteiger partial charge in [0.1, 0.15) is 11.4 Å². The van der Waals surface area contributed by atoms with Gasteiger partial charge in [-0.25, -0.2) is 0 Å². The molecule has 1 spiro atoms. The fourth-order valence-electron chi connectivity index (χ4n) is 2.90. The van der Waals surface area contributed by atoms with E-state index in [-0.39, 0.29) is 11.6 Å². The van der Waals surface area contributed by atoms with Crippen molar-refractivity contribution in [2.75, 3.05) is 13.2 Å². The summed E-state index contributed by atoms with van der Waals surface area (Å²) < 4.78 is 11.8. The first-order chi connectivity index (χ1) is 8.19.